The number of H-pyrrole nitrogens is 1. The molecule has 0 aliphatic rings. The van der Waals surface area contributed by atoms with E-state index in [0.29, 0.717) is 6.61 Å². The van der Waals surface area contributed by atoms with Crippen molar-refractivity contribution < 1.29 is 9.47 Å². The third-order valence-electron chi connectivity index (χ3n) is 4.26. The summed E-state index contributed by atoms with van der Waals surface area (Å²) in [4.78, 5) is 8.00. The molecule has 0 aliphatic heterocycles. The number of aromatic amines is 1. The van der Waals surface area contributed by atoms with E-state index in [1.165, 1.54) is 11.1 Å². The molecule has 1 N–H and O–H groups in total. The average Bonchev–Trinajstić information content (AvgIpc) is 3.07. The van der Waals surface area contributed by atoms with Crippen molar-refractivity contribution in [1.82, 2.24) is 9.97 Å². The molecule has 0 amide bonds. The van der Waals surface area contributed by atoms with Crippen LogP contribution in [0.5, 0.6) is 11.5 Å². The number of nitrogens with zero attached hydrogens (tertiary/aromatic N) is 1. The van der Waals surface area contributed by atoms with Gasteiger partial charge in [-0.25, -0.2) is 4.98 Å². The lowest BCUT2D eigenvalue weighted by Gasteiger charge is -2.11. The summed E-state index contributed by atoms with van der Waals surface area (Å²) in [5.74, 6) is 2.59. The van der Waals surface area contributed by atoms with Gasteiger partial charge in [-0.3, -0.25) is 0 Å². The van der Waals surface area contributed by atoms with Crippen LogP contribution in [0, 0.1) is 6.92 Å². The minimum atomic E-state index is 0.678. The molecular weight excluding hydrogens is 356 g/mol. The molecule has 1 heterocycles. The summed E-state index contributed by atoms with van der Waals surface area (Å²) in [7, 11) is 1.67. The van der Waals surface area contributed by atoms with E-state index in [2.05, 4.69) is 47.7 Å². The molecule has 0 bridgehead atoms. The number of benzene rings is 2. The highest BCUT2D eigenvalue weighted by atomic mass is 32.2. The zero-order chi connectivity index (χ0) is 19.1. The fraction of sp³-hybridized carbons (Fsp3) is 0.318. The van der Waals surface area contributed by atoms with Gasteiger partial charge in [-0.15, -0.1) is 6.58 Å². The van der Waals surface area contributed by atoms with E-state index in [9.17, 15) is 0 Å². The Morgan fingerprint density at radius 3 is 2.85 bits per heavy atom. The largest absolute Gasteiger partial charge is 0.493 e. The SMILES string of the molecule is C=CCc1ccc(OCCCCSc2nc3ccc(C)cc3[nH]2)c(OC)c1. The lowest BCUT2D eigenvalue weighted by atomic mass is 10.1. The molecule has 142 valence electrons. The molecule has 0 aliphatic carbocycles. The van der Waals surface area contributed by atoms with Crippen LogP contribution in [0.4, 0.5) is 0 Å². The number of imidazole rings is 1. The number of hydrogen-bond donors (Lipinski definition) is 1. The molecule has 0 atom stereocenters. The van der Waals surface area contributed by atoms with Crippen molar-refractivity contribution in [3.8, 4) is 11.5 Å². The fourth-order valence-electron chi connectivity index (χ4n) is 2.85. The quantitative estimate of drug-likeness (QED) is 0.283. The van der Waals surface area contributed by atoms with Crippen molar-refractivity contribution in [3.05, 3.63) is 60.2 Å². The van der Waals surface area contributed by atoms with Crippen LogP contribution in [0.3, 0.4) is 0 Å². The van der Waals surface area contributed by atoms with E-state index in [0.717, 1.165) is 52.7 Å². The summed E-state index contributed by atoms with van der Waals surface area (Å²) in [6.07, 6.45) is 4.77. The van der Waals surface area contributed by atoms with Crippen LogP contribution < -0.4 is 9.47 Å². The van der Waals surface area contributed by atoms with Gasteiger partial charge in [-0.05, 0) is 61.6 Å². The zero-order valence-electron chi connectivity index (χ0n) is 16.0. The molecule has 0 fully saturated rings. The number of thioether (sulfide) groups is 1. The molecule has 0 radical (unpaired) electrons. The molecule has 0 saturated carbocycles. The third kappa shape index (κ3) is 5.30. The van der Waals surface area contributed by atoms with Gasteiger partial charge in [0.15, 0.2) is 16.7 Å². The second-order valence-corrected chi connectivity index (χ2v) is 7.53. The summed E-state index contributed by atoms with van der Waals surface area (Å²) in [5, 5.41) is 0.982. The number of aromatic nitrogens is 2. The van der Waals surface area contributed by atoms with Crippen LogP contribution in [-0.4, -0.2) is 29.4 Å². The molecular formula is C22H26N2O2S. The molecule has 1 aromatic heterocycles. The summed E-state index contributed by atoms with van der Waals surface area (Å²) in [6, 6.07) is 12.3. The number of ether oxygens (including phenoxy) is 2. The standard InChI is InChI=1S/C22H26N2O2S/c1-4-7-17-9-11-20(21(15-17)25-3)26-12-5-6-13-27-22-23-18-10-8-16(2)14-19(18)24-22/h4,8-11,14-15H,1,5-7,12-13H2,2-3H3,(H,23,24). The van der Waals surface area contributed by atoms with Crippen molar-refractivity contribution in [2.45, 2.75) is 31.3 Å². The van der Waals surface area contributed by atoms with Gasteiger partial charge in [0.05, 0.1) is 24.8 Å². The first-order valence-electron chi connectivity index (χ1n) is 9.19. The zero-order valence-corrected chi connectivity index (χ0v) is 16.8. The van der Waals surface area contributed by atoms with Gasteiger partial charge in [0.25, 0.3) is 0 Å². The highest BCUT2D eigenvalue weighted by Gasteiger charge is 2.06. The first-order valence-corrected chi connectivity index (χ1v) is 10.2. The van der Waals surface area contributed by atoms with Gasteiger partial charge in [0, 0.05) is 5.75 Å². The first-order chi connectivity index (χ1) is 13.2. The summed E-state index contributed by atoms with van der Waals surface area (Å²) in [6.45, 7) is 6.54. The van der Waals surface area contributed by atoms with E-state index in [1.807, 2.05) is 18.2 Å². The van der Waals surface area contributed by atoms with Crippen LogP contribution in [0.25, 0.3) is 11.0 Å². The number of unbranched alkanes of at least 4 members (excludes halogenated alkanes) is 1. The lowest BCUT2D eigenvalue weighted by molar-refractivity contribution is 0.288. The van der Waals surface area contributed by atoms with Crippen LogP contribution >= 0.6 is 11.8 Å². The topological polar surface area (TPSA) is 47.1 Å². The minimum Gasteiger partial charge on any atom is -0.493 e. The Bertz CT molecular complexity index is 904. The van der Waals surface area contributed by atoms with Gasteiger partial charge >= 0.3 is 0 Å². The average molecular weight is 383 g/mol. The molecule has 0 saturated heterocycles. The lowest BCUT2D eigenvalue weighted by Crippen LogP contribution is -2.00. The number of rotatable bonds is 10. The Morgan fingerprint density at radius 2 is 2.04 bits per heavy atom. The molecule has 27 heavy (non-hydrogen) atoms. The van der Waals surface area contributed by atoms with Crippen LogP contribution in [-0.2, 0) is 6.42 Å². The highest BCUT2D eigenvalue weighted by Crippen LogP contribution is 2.28. The minimum absolute atomic E-state index is 0.678. The summed E-state index contributed by atoms with van der Waals surface area (Å²) >= 11 is 1.76. The molecule has 2 aromatic carbocycles. The van der Waals surface area contributed by atoms with E-state index < -0.39 is 0 Å². The van der Waals surface area contributed by atoms with Crippen molar-refractivity contribution in [1.29, 1.82) is 0 Å². The molecule has 0 spiro atoms. The Balaban J connectivity index is 1.41. The van der Waals surface area contributed by atoms with Crippen molar-refractivity contribution in [2.24, 2.45) is 0 Å². The van der Waals surface area contributed by atoms with E-state index in [-0.39, 0.29) is 0 Å². The molecule has 0 unspecified atom stereocenters. The Labute approximate surface area is 165 Å². The predicted molar refractivity (Wildman–Crippen MR) is 113 cm³/mol. The smallest absolute Gasteiger partial charge is 0.166 e. The van der Waals surface area contributed by atoms with E-state index in [4.69, 9.17) is 9.47 Å². The number of aryl methyl sites for hydroxylation is 1. The number of allylic oxidation sites excluding steroid dienone is 1. The second kappa shape index (κ2) is 9.51. The van der Waals surface area contributed by atoms with Crippen LogP contribution in [0.1, 0.15) is 24.0 Å². The molecule has 3 aromatic rings. The molecule has 4 nitrogen and oxygen atoms in total. The maximum absolute atomic E-state index is 5.89. The number of methoxy groups -OCH3 is 1. The monoisotopic (exact) mass is 382 g/mol. The Hall–Kier alpha value is -2.40. The van der Waals surface area contributed by atoms with E-state index >= 15 is 0 Å². The molecule has 3 rings (SSSR count). The Morgan fingerprint density at radius 1 is 1.15 bits per heavy atom. The fourth-order valence-corrected chi connectivity index (χ4v) is 3.74. The van der Waals surface area contributed by atoms with Crippen molar-refractivity contribution in [2.75, 3.05) is 19.5 Å². The van der Waals surface area contributed by atoms with Crippen molar-refractivity contribution in [3.63, 3.8) is 0 Å². The van der Waals surface area contributed by atoms with Gasteiger partial charge in [-0.2, -0.15) is 0 Å². The molecule has 5 heteroatoms. The first kappa shape index (κ1) is 19.4. The maximum atomic E-state index is 5.89. The Kier molecular flexibility index (Phi) is 6.82. The van der Waals surface area contributed by atoms with Gasteiger partial charge in [0.1, 0.15) is 0 Å². The van der Waals surface area contributed by atoms with Crippen LogP contribution in [0.2, 0.25) is 0 Å². The van der Waals surface area contributed by atoms with E-state index in [1.54, 1.807) is 18.9 Å². The maximum Gasteiger partial charge on any atom is 0.166 e. The second-order valence-electron chi connectivity index (χ2n) is 6.44. The van der Waals surface area contributed by atoms with Gasteiger partial charge in [-0.1, -0.05) is 30.0 Å². The van der Waals surface area contributed by atoms with Gasteiger partial charge in [0.2, 0.25) is 0 Å². The highest BCUT2D eigenvalue weighted by molar-refractivity contribution is 7.99. The summed E-state index contributed by atoms with van der Waals surface area (Å²) in [5.41, 5.74) is 4.55. The van der Waals surface area contributed by atoms with Crippen LogP contribution in [0.15, 0.2) is 54.2 Å². The van der Waals surface area contributed by atoms with Crippen molar-refractivity contribution >= 4 is 22.8 Å². The number of fused-ring (bicyclic) bond motifs is 1. The predicted octanol–water partition coefficient (Wildman–Crippen LogP) is 5.56. The number of hydrogen-bond acceptors (Lipinski definition) is 4. The number of nitrogens with one attached hydrogen (secondary N) is 1. The summed E-state index contributed by atoms with van der Waals surface area (Å²) < 4.78 is 11.3. The van der Waals surface area contributed by atoms with Gasteiger partial charge < -0.3 is 14.5 Å². The normalized spacial score (nSPS) is 10.9. The third-order valence-corrected chi connectivity index (χ3v) is 5.22.